The van der Waals surface area contributed by atoms with Gasteiger partial charge in [-0.25, -0.2) is 4.79 Å². The van der Waals surface area contributed by atoms with Crippen LogP contribution in [0.1, 0.15) is 5.56 Å². The molecular weight excluding hydrogens is 192 g/mol. The molecular formula is C10H12CaO2. The molecule has 0 aliphatic rings. The van der Waals surface area contributed by atoms with Gasteiger partial charge in [0, 0.05) is 6.08 Å². The molecule has 13 heavy (non-hydrogen) atoms. The maximum absolute atomic E-state index is 10.6. The molecule has 0 bridgehead atoms. The second-order valence-corrected chi connectivity index (χ2v) is 2.30. The normalized spacial score (nSPS) is 8.31. The number of hydrogen-bond donors (Lipinski definition) is 0. The van der Waals surface area contributed by atoms with E-state index in [9.17, 15) is 4.79 Å². The van der Waals surface area contributed by atoms with Gasteiger partial charge in [-0.3, -0.25) is 0 Å². The van der Waals surface area contributed by atoms with Crippen molar-refractivity contribution in [2.75, 3.05) is 0 Å². The molecule has 0 atom stereocenters. The van der Waals surface area contributed by atoms with Crippen molar-refractivity contribution >= 4 is 43.7 Å². The van der Waals surface area contributed by atoms with Gasteiger partial charge >= 0.3 is 43.7 Å². The molecule has 1 rings (SSSR count). The number of esters is 1. The van der Waals surface area contributed by atoms with Crippen molar-refractivity contribution in [3.05, 3.63) is 48.6 Å². The molecule has 1 aromatic carbocycles. The first-order chi connectivity index (χ1) is 5.83. The molecule has 0 fully saturated rings. The van der Waals surface area contributed by atoms with Gasteiger partial charge in [-0.1, -0.05) is 36.9 Å². The second-order valence-electron chi connectivity index (χ2n) is 2.30. The zero-order chi connectivity index (χ0) is 8.81. The summed E-state index contributed by atoms with van der Waals surface area (Å²) in [7, 11) is 0. The Morgan fingerprint density at radius 2 is 2.00 bits per heavy atom. The van der Waals surface area contributed by atoms with Crippen molar-refractivity contribution in [3.8, 4) is 0 Å². The summed E-state index contributed by atoms with van der Waals surface area (Å²) >= 11 is 0. The molecule has 0 heterocycles. The van der Waals surface area contributed by atoms with Crippen LogP contribution < -0.4 is 0 Å². The van der Waals surface area contributed by atoms with Crippen LogP contribution in [-0.2, 0) is 16.1 Å². The van der Waals surface area contributed by atoms with Crippen LogP contribution in [0.2, 0.25) is 0 Å². The van der Waals surface area contributed by atoms with Gasteiger partial charge in [0.15, 0.2) is 0 Å². The number of hydrogen-bond acceptors (Lipinski definition) is 2. The standard InChI is InChI=1S/C10H10O2.Ca.2H/c1-2-10(11)12-8-9-6-4-3-5-7-9;;;/h2-7H,1,8H2;;;. The third-order valence-corrected chi connectivity index (χ3v) is 1.39. The van der Waals surface area contributed by atoms with Gasteiger partial charge in [-0.2, -0.15) is 0 Å². The Morgan fingerprint density at radius 1 is 1.38 bits per heavy atom. The molecule has 0 saturated carbocycles. The first-order valence-corrected chi connectivity index (χ1v) is 3.66. The van der Waals surface area contributed by atoms with Crippen molar-refractivity contribution in [1.82, 2.24) is 0 Å². The summed E-state index contributed by atoms with van der Waals surface area (Å²) in [6.45, 7) is 3.61. The van der Waals surface area contributed by atoms with E-state index in [2.05, 4.69) is 6.58 Å². The topological polar surface area (TPSA) is 26.3 Å². The van der Waals surface area contributed by atoms with E-state index in [4.69, 9.17) is 4.74 Å². The fraction of sp³-hybridized carbons (Fsp3) is 0.100. The van der Waals surface area contributed by atoms with Crippen LogP contribution in [0.4, 0.5) is 0 Å². The third kappa shape index (κ3) is 5.09. The van der Waals surface area contributed by atoms with Crippen LogP contribution in [0.5, 0.6) is 0 Å². The molecule has 1 aromatic rings. The predicted octanol–water partition coefficient (Wildman–Crippen LogP) is 1.000. The first-order valence-electron chi connectivity index (χ1n) is 3.66. The Hall–Kier alpha value is -0.310. The third-order valence-electron chi connectivity index (χ3n) is 1.39. The maximum atomic E-state index is 10.6. The van der Waals surface area contributed by atoms with E-state index in [1.54, 1.807) is 0 Å². The summed E-state index contributed by atoms with van der Waals surface area (Å²) in [6, 6.07) is 9.51. The van der Waals surface area contributed by atoms with Crippen LogP contribution in [0.15, 0.2) is 43.0 Å². The number of carbonyl (C=O) groups excluding carboxylic acids is 1. The molecule has 0 saturated heterocycles. The minimum absolute atomic E-state index is 0. The second kappa shape index (κ2) is 7.13. The van der Waals surface area contributed by atoms with Gasteiger partial charge in [0.25, 0.3) is 0 Å². The summed E-state index contributed by atoms with van der Waals surface area (Å²) in [5.74, 6) is -0.390. The van der Waals surface area contributed by atoms with E-state index in [1.165, 1.54) is 0 Å². The molecule has 3 heteroatoms. The Morgan fingerprint density at radius 3 is 2.54 bits per heavy atom. The SMILES string of the molecule is C=CC(=O)OCc1ccccc1.[CaH2]. The zero-order valence-corrected chi connectivity index (χ0v) is 6.69. The summed E-state index contributed by atoms with van der Waals surface area (Å²) in [6.07, 6.45) is 1.16. The van der Waals surface area contributed by atoms with Crippen LogP contribution in [-0.4, -0.2) is 43.7 Å². The molecule has 2 nitrogen and oxygen atoms in total. The molecule has 0 aliphatic carbocycles. The van der Waals surface area contributed by atoms with Crippen molar-refractivity contribution in [2.24, 2.45) is 0 Å². The fourth-order valence-electron chi connectivity index (χ4n) is 0.788. The Labute approximate surface area is 108 Å². The summed E-state index contributed by atoms with van der Waals surface area (Å²) < 4.78 is 4.82. The molecule has 0 N–H and O–H groups in total. The number of ether oxygens (including phenoxy) is 1. The molecule has 0 aliphatic heterocycles. The van der Waals surface area contributed by atoms with Crippen molar-refractivity contribution in [3.63, 3.8) is 0 Å². The van der Waals surface area contributed by atoms with Crippen molar-refractivity contribution in [1.29, 1.82) is 0 Å². The van der Waals surface area contributed by atoms with Gasteiger partial charge in [0.2, 0.25) is 0 Å². The predicted molar refractivity (Wildman–Crippen MR) is 55.0 cm³/mol. The van der Waals surface area contributed by atoms with E-state index in [0.29, 0.717) is 6.61 Å². The Kier molecular flexibility index (Phi) is 6.96. The average Bonchev–Trinajstić information content (AvgIpc) is 2.16. The van der Waals surface area contributed by atoms with Crippen molar-refractivity contribution < 1.29 is 9.53 Å². The zero-order valence-electron chi connectivity index (χ0n) is 6.69. The van der Waals surface area contributed by atoms with E-state index < -0.39 is 0 Å². The molecule has 0 spiro atoms. The van der Waals surface area contributed by atoms with Crippen LogP contribution in [0.25, 0.3) is 0 Å². The molecule has 0 radical (unpaired) electrons. The number of carbonyl (C=O) groups is 1. The Bertz CT molecular complexity index is 270. The fourth-order valence-corrected chi connectivity index (χ4v) is 0.788. The quantitative estimate of drug-likeness (QED) is 0.417. The number of rotatable bonds is 3. The summed E-state index contributed by atoms with van der Waals surface area (Å²) in [5.41, 5.74) is 0.979. The van der Waals surface area contributed by atoms with Gasteiger partial charge < -0.3 is 4.74 Å². The van der Waals surface area contributed by atoms with Gasteiger partial charge in [0.05, 0.1) is 0 Å². The molecule has 0 amide bonds. The Balaban J connectivity index is 0.00000144. The van der Waals surface area contributed by atoms with Crippen LogP contribution >= 0.6 is 0 Å². The molecule has 0 aromatic heterocycles. The summed E-state index contributed by atoms with van der Waals surface area (Å²) in [5, 5.41) is 0. The van der Waals surface area contributed by atoms with E-state index in [1.807, 2.05) is 30.3 Å². The van der Waals surface area contributed by atoms with Gasteiger partial charge in [-0.05, 0) is 5.56 Å². The summed E-state index contributed by atoms with van der Waals surface area (Å²) in [4.78, 5) is 10.6. The molecule has 66 valence electrons. The van der Waals surface area contributed by atoms with E-state index in [0.717, 1.165) is 11.6 Å². The minimum atomic E-state index is -0.390. The van der Waals surface area contributed by atoms with Gasteiger partial charge in [-0.15, -0.1) is 0 Å². The van der Waals surface area contributed by atoms with E-state index in [-0.39, 0.29) is 43.7 Å². The van der Waals surface area contributed by atoms with Crippen molar-refractivity contribution in [2.45, 2.75) is 6.61 Å². The van der Waals surface area contributed by atoms with Crippen LogP contribution in [0.3, 0.4) is 0 Å². The average molecular weight is 204 g/mol. The van der Waals surface area contributed by atoms with Crippen LogP contribution in [0, 0.1) is 0 Å². The van der Waals surface area contributed by atoms with E-state index >= 15 is 0 Å². The molecule has 0 unspecified atom stereocenters. The monoisotopic (exact) mass is 204 g/mol. The first kappa shape index (κ1) is 12.7. The van der Waals surface area contributed by atoms with Gasteiger partial charge in [0.1, 0.15) is 6.61 Å². The number of benzene rings is 1.